The number of carbonyl (C=O) groups excluding carboxylic acids is 2. The molecule has 1 atom stereocenters. The summed E-state index contributed by atoms with van der Waals surface area (Å²) in [6, 6.07) is 8.21. The van der Waals surface area contributed by atoms with Gasteiger partial charge in [0.05, 0.1) is 29.5 Å². The fourth-order valence-corrected chi connectivity index (χ4v) is 3.58. The van der Waals surface area contributed by atoms with Gasteiger partial charge < -0.3 is 14.8 Å². The first-order valence-corrected chi connectivity index (χ1v) is 10.3. The third kappa shape index (κ3) is 5.13. The third-order valence-corrected chi connectivity index (χ3v) is 5.50. The molecular weight excluding hydrogens is 437 g/mol. The fraction of sp³-hybridized carbons (Fsp3) is 0.333. The Labute approximate surface area is 190 Å². The summed E-state index contributed by atoms with van der Waals surface area (Å²) in [5.41, 5.74) is 0.858. The van der Waals surface area contributed by atoms with Crippen LogP contribution >= 0.6 is 0 Å². The molecule has 2 aromatic carbocycles. The van der Waals surface area contributed by atoms with Gasteiger partial charge in [0.2, 0.25) is 0 Å². The van der Waals surface area contributed by atoms with Crippen LogP contribution in [0.15, 0.2) is 53.7 Å². The molecule has 2 aromatic rings. The number of ether oxygens (including phenoxy) is 2. The van der Waals surface area contributed by atoms with Crippen LogP contribution in [0.25, 0.3) is 0 Å². The number of urea groups is 1. The van der Waals surface area contributed by atoms with Crippen LogP contribution in [0.5, 0.6) is 5.75 Å². The lowest BCUT2D eigenvalue weighted by molar-refractivity contribution is -0.141. The zero-order chi connectivity index (χ0) is 24.3. The lowest BCUT2D eigenvalue weighted by Crippen LogP contribution is -2.48. The van der Waals surface area contributed by atoms with Gasteiger partial charge in [-0.15, -0.1) is 0 Å². The number of halogens is 3. The topological polar surface area (TPSA) is 67.9 Å². The summed E-state index contributed by atoms with van der Waals surface area (Å²) in [4.78, 5) is 26.8. The smallest absolute Gasteiger partial charge is 0.416 e. The molecule has 176 valence electrons. The van der Waals surface area contributed by atoms with Crippen molar-refractivity contribution in [1.29, 1.82) is 0 Å². The fourth-order valence-electron chi connectivity index (χ4n) is 3.58. The monoisotopic (exact) mass is 462 g/mol. The van der Waals surface area contributed by atoms with E-state index in [-0.39, 0.29) is 30.0 Å². The molecule has 1 aliphatic heterocycles. The first kappa shape index (κ1) is 24.2. The summed E-state index contributed by atoms with van der Waals surface area (Å²) in [5, 5.41) is 2.50. The van der Waals surface area contributed by atoms with E-state index in [4.69, 9.17) is 9.47 Å². The van der Waals surface area contributed by atoms with E-state index < -0.39 is 29.8 Å². The standard InChI is InChI=1S/C24H25F3N2O4/c1-5-32-22(30)20-19(13-33-16-11-10-14(2)15(3)12-16)29(4)23(31)28-21(20)17-8-6-7-9-18(17)24(25,26)27/h6-12,21H,5,13H2,1-4H3,(H,28,31). The maximum Gasteiger partial charge on any atom is 0.416 e. The maximum absolute atomic E-state index is 13.7. The Morgan fingerprint density at radius 3 is 2.45 bits per heavy atom. The highest BCUT2D eigenvalue weighted by Gasteiger charge is 2.42. The Hall–Kier alpha value is -3.49. The molecule has 1 heterocycles. The number of alkyl halides is 3. The minimum Gasteiger partial charge on any atom is -0.487 e. The molecule has 0 radical (unpaired) electrons. The number of amides is 2. The number of carbonyl (C=O) groups is 2. The molecule has 9 heteroatoms. The molecule has 1 unspecified atom stereocenters. The van der Waals surface area contributed by atoms with Crippen LogP contribution in [0.2, 0.25) is 0 Å². The average Bonchev–Trinajstić information content (AvgIpc) is 2.76. The highest BCUT2D eigenvalue weighted by molar-refractivity contribution is 5.95. The minimum absolute atomic E-state index is 0.0128. The van der Waals surface area contributed by atoms with Crippen molar-refractivity contribution in [2.75, 3.05) is 20.3 Å². The van der Waals surface area contributed by atoms with Crippen molar-refractivity contribution in [1.82, 2.24) is 10.2 Å². The van der Waals surface area contributed by atoms with Gasteiger partial charge in [-0.05, 0) is 55.7 Å². The quantitative estimate of drug-likeness (QED) is 0.620. The normalized spacial score (nSPS) is 16.5. The number of aryl methyl sites for hydroxylation is 2. The zero-order valence-corrected chi connectivity index (χ0v) is 18.7. The number of benzene rings is 2. The molecule has 0 fully saturated rings. The number of hydrogen-bond acceptors (Lipinski definition) is 4. The second kappa shape index (κ2) is 9.56. The molecule has 0 saturated heterocycles. The Kier molecular flexibility index (Phi) is 7.00. The Balaban J connectivity index is 2.11. The van der Waals surface area contributed by atoms with Gasteiger partial charge in [-0.1, -0.05) is 24.3 Å². The number of rotatable bonds is 6. The lowest BCUT2D eigenvalue weighted by atomic mass is 9.91. The summed E-state index contributed by atoms with van der Waals surface area (Å²) in [6.45, 7) is 5.25. The van der Waals surface area contributed by atoms with E-state index in [2.05, 4.69) is 5.32 Å². The van der Waals surface area contributed by atoms with Crippen molar-refractivity contribution in [2.45, 2.75) is 33.0 Å². The van der Waals surface area contributed by atoms with Gasteiger partial charge in [-0.3, -0.25) is 4.90 Å². The van der Waals surface area contributed by atoms with Crippen molar-refractivity contribution in [2.24, 2.45) is 0 Å². The van der Waals surface area contributed by atoms with Gasteiger partial charge in [0.15, 0.2) is 0 Å². The second-order valence-corrected chi connectivity index (χ2v) is 7.64. The zero-order valence-electron chi connectivity index (χ0n) is 18.7. The summed E-state index contributed by atoms with van der Waals surface area (Å²) in [7, 11) is 1.42. The van der Waals surface area contributed by atoms with E-state index in [9.17, 15) is 22.8 Å². The average molecular weight is 462 g/mol. The van der Waals surface area contributed by atoms with Crippen molar-refractivity contribution >= 4 is 12.0 Å². The number of hydrogen-bond donors (Lipinski definition) is 1. The molecule has 0 aromatic heterocycles. The van der Waals surface area contributed by atoms with Crippen LogP contribution in [0.1, 0.15) is 35.2 Å². The van der Waals surface area contributed by atoms with E-state index in [0.29, 0.717) is 5.75 Å². The van der Waals surface area contributed by atoms with Gasteiger partial charge in [0.25, 0.3) is 0 Å². The minimum atomic E-state index is -4.68. The first-order valence-electron chi connectivity index (χ1n) is 10.3. The van der Waals surface area contributed by atoms with Gasteiger partial charge in [-0.2, -0.15) is 13.2 Å². The van der Waals surface area contributed by atoms with Crippen LogP contribution in [0, 0.1) is 13.8 Å². The highest BCUT2D eigenvalue weighted by atomic mass is 19.4. The van der Waals surface area contributed by atoms with Gasteiger partial charge >= 0.3 is 18.2 Å². The molecule has 0 saturated carbocycles. The van der Waals surface area contributed by atoms with Gasteiger partial charge in [0.1, 0.15) is 12.4 Å². The van der Waals surface area contributed by atoms with Gasteiger partial charge in [-0.25, -0.2) is 9.59 Å². The van der Waals surface area contributed by atoms with Crippen molar-refractivity contribution < 1.29 is 32.2 Å². The number of nitrogens with one attached hydrogen (secondary N) is 1. The number of likely N-dealkylation sites (N-methyl/N-ethyl adjacent to an activating group) is 1. The Bertz CT molecular complexity index is 1100. The highest BCUT2D eigenvalue weighted by Crippen LogP contribution is 2.39. The molecule has 33 heavy (non-hydrogen) atoms. The molecule has 3 rings (SSSR count). The number of nitrogens with zero attached hydrogens (tertiary/aromatic N) is 1. The Morgan fingerprint density at radius 2 is 1.82 bits per heavy atom. The Morgan fingerprint density at radius 1 is 1.12 bits per heavy atom. The van der Waals surface area contributed by atoms with Gasteiger partial charge in [0, 0.05) is 7.05 Å². The maximum atomic E-state index is 13.7. The molecule has 2 amide bonds. The van der Waals surface area contributed by atoms with E-state index in [1.165, 1.54) is 25.2 Å². The molecule has 1 aliphatic rings. The van der Waals surface area contributed by atoms with E-state index in [1.807, 2.05) is 19.9 Å². The molecule has 6 nitrogen and oxygen atoms in total. The van der Waals surface area contributed by atoms with E-state index in [0.717, 1.165) is 22.1 Å². The van der Waals surface area contributed by atoms with Crippen molar-refractivity contribution in [3.8, 4) is 5.75 Å². The van der Waals surface area contributed by atoms with E-state index >= 15 is 0 Å². The van der Waals surface area contributed by atoms with E-state index in [1.54, 1.807) is 19.1 Å². The largest absolute Gasteiger partial charge is 0.487 e. The van der Waals surface area contributed by atoms with Crippen molar-refractivity contribution in [3.63, 3.8) is 0 Å². The lowest BCUT2D eigenvalue weighted by Gasteiger charge is -2.35. The molecule has 0 bridgehead atoms. The third-order valence-electron chi connectivity index (χ3n) is 5.50. The number of esters is 1. The molecule has 0 spiro atoms. The first-order chi connectivity index (χ1) is 15.5. The van der Waals surface area contributed by atoms with Crippen LogP contribution in [-0.4, -0.2) is 37.2 Å². The summed E-state index contributed by atoms with van der Waals surface area (Å²) < 4.78 is 52.1. The SMILES string of the molecule is CCOC(=O)C1=C(COc2ccc(C)c(C)c2)N(C)C(=O)NC1c1ccccc1C(F)(F)F. The summed E-state index contributed by atoms with van der Waals surface area (Å²) in [5.74, 6) is -0.328. The van der Waals surface area contributed by atoms with Crippen LogP contribution in [0.4, 0.5) is 18.0 Å². The molecule has 0 aliphatic carbocycles. The summed E-state index contributed by atoms with van der Waals surface area (Å²) in [6.07, 6.45) is -4.68. The van der Waals surface area contributed by atoms with Crippen LogP contribution < -0.4 is 10.1 Å². The molecular formula is C24H25F3N2O4. The molecule has 1 N–H and O–H groups in total. The predicted molar refractivity (Wildman–Crippen MR) is 116 cm³/mol. The van der Waals surface area contributed by atoms with Crippen LogP contribution in [-0.2, 0) is 15.7 Å². The summed E-state index contributed by atoms with van der Waals surface area (Å²) >= 11 is 0. The van der Waals surface area contributed by atoms with Crippen LogP contribution in [0.3, 0.4) is 0 Å². The second-order valence-electron chi connectivity index (χ2n) is 7.64. The van der Waals surface area contributed by atoms with Crippen molar-refractivity contribution in [3.05, 3.63) is 76.0 Å². The predicted octanol–water partition coefficient (Wildman–Crippen LogP) is 4.91.